The lowest BCUT2D eigenvalue weighted by Gasteiger charge is -2.09. The van der Waals surface area contributed by atoms with Gasteiger partial charge in [0.15, 0.2) is 0 Å². The van der Waals surface area contributed by atoms with Gasteiger partial charge in [0.05, 0.1) is 6.61 Å². The van der Waals surface area contributed by atoms with Crippen molar-refractivity contribution in [3.63, 3.8) is 0 Å². The molecule has 1 amide bonds. The molecule has 1 aromatic carbocycles. The molecule has 0 radical (unpaired) electrons. The summed E-state index contributed by atoms with van der Waals surface area (Å²) in [6, 6.07) is 5.49. The van der Waals surface area contributed by atoms with E-state index in [2.05, 4.69) is 10.3 Å². The fourth-order valence-corrected chi connectivity index (χ4v) is 3.28. The Hall–Kier alpha value is -1.76. The molecule has 0 bridgehead atoms. The molecule has 0 aliphatic carbocycles. The van der Waals surface area contributed by atoms with Gasteiger partial charge in [-0.05, 0) is 37.0 Å². The number of hydrogen-bond acceptors (Lipinski definition) is 5. The van der Waals surface area contributed by atoms with Gasteiger partial charge in [0.25, 0.3) is 5.91 Å². The van der Waals surface area contributed by atoms with Gasteiger partial charge in [0.2, 0.25) is 0 Å². The molecule has 116 valence electrons. The van der Waals surface area contributed by atoms with E-state index in [9.17, 15) is 9.90 Å². The van der Waals surface area contributed by atoms with Crippen LogP contribution in [-0.2, 0) is 11.3 Å². The van der Waals surface area contributed by atoms with Crippen molar-refractivity contribution >= 4 is 22.9 Å². The van der Waals surface area contributed by atoms with Crippen molar-refractivity contribution in [3.05, 3.63) is 45.4 Å². The zero-order chi connectivity index (χ0) is 15.5. The molecule has 1 aliphatic rings. The summed E-state index contributed by atoms with van der Waals surface area (Å²) in [5.74, 6) is -0.237. The van der Waals surface area contributed by atoms with Gasteiger partial charge in [-0.25, -0.2) is 4.98 Å². The highest BCUT2D eigenvalue weighted by atomic mass is 32.1. The van der Waals surface area contributed by atoms with Gasteiger partial charge in [-0.15, -0.1) is 11.3 Å². The monoisotopic (exact) mass is 318 g/mol. The molecule has 1 atom stereocenters. The van der Waals surface area contributed by atoms with Crippen LogP contribution in [0.1, 0.15) is 45.6 Å². The van der Waals surface area contributed by atoms with Gasteiger partial charge >= 0.3 is 0 Å². The van der Waals surface area contributed by atoms with Crippen LogP contribution in [-0.4, -0.2) is 22.6 Å². The fourth-order valence-electron chi connectivity index (χ4n) is 2.40. The van der Waals surface area contributed by atoms with E-state index >= 15 is 0 Å². The van der Waals surface area contributed by atoms with Crippen LogP contribution in [0.25, 0.3) is 0 Å². The number of aliphatic hydroxyl groups excluding tert-OH is 1. The van der Waals surface area contributed by atoms with Crippen LogP contribution in [0.5, 0.6) is 0 Å². The number of aryl methyl sites for hydroxylation is 1. The summed E-state index contributed by atoms with van der Waals surface area (Å²) in [4.78, 5) is 16.7. The Morgan fingerprint density at radius 3 is 3.14 bits per heavy atom. The molecule has 0 spiro atoms. The number of hydrogen-bond donors (Lipinski definition) is 2. The highest BCUT2D eigenvalue weighted by molar-refractivity contribution is 7.09. The van der Waals surface area contributed by atoms with E-state index in [-0.39, 0.29) is 18.6 Å². The number of aliphatic hydroxyl groups is 1. The number of rotatable bonds is 4. The second kappa shape index (κ2) is 6.56. The summed E-state index contributed by atoms with van der Waals surface area (Å²) in [6.45, 7) is 2.62. The maximum atomic E-state index is 12.3. The molecule has 22 heavy (non-hydrogen) atoms. The van der Waals surface area contributed by atoms with E-state index in [4.69, 9.17) is 4.74 Å². The van der Waals surface area contributed by atoms with Crippen LogP contribution >= 0.6 is 11.3 Å². The summed E-state index contributed by atoms with van der Waals surface area (Å²) in [5.41, 5.74) is 2.81. The number of nitrogens with one attached hydrogen (secondary N) is 1. The van der Waals surface area contributed by atoms with Gasteiger partial charge < -0.3 is 15.2 Å². The molecule has 2 heterocycles. The highest BCUT2D eigenvalue weighted by Crippen LogP contribution is 2.30. The highest BCUT2D eigenvalue weighted by Gasteiger charge is 2.22. The van der Waals surface area contributed by atoms with Gasteiger partial charge in [-0.2, -0.15) is 0 Å². The minimum Gasteiger partial charge on any atom is -0.392 e. The summed E-state index contributed by atoms with van der Waals surface area (Å²) in [6.07, 6.45) is 2.04. The molecule has 1 saturated heterocycles. The van der Waals surface area contributed by atoms with Gasteiger partial charge in [0, 0.05) is 17.7 Å². The molecule has 2 aromatic rings. The van der Waals surface area contributed by atoms with E-state index in [1.807, 2.05) is 19.1 Å². The van der Waals surface area contributed by atoms with E-state index in [1.165, 1.54) is 11.3 Å². The van der Waals surface area contributed by atoms with E-state index in [0.717, 1.165) is 35.6 Å². The Morgan fingerprint density at radius 1 is 1.55 bits per heavy atom. The van der Waals surface area contributed by atoms with Crippen molar-refractivity contribution in [1.82, 2.24) is 4.98 Å². The number of anilines is 1. The molecule has 1 aliphatic heterocycles. The third-order valence-corrected chi connectivity index (χ3v) is 4.63. The molecule has 2 N–H and O–H groups in total. The minimum absolute atomic E-state index is 0.0333. The minimum atomic E-state index is -0.237. The zero-order valence-corrected chi connectivity index (χ0v) is 13.2. The first-order valence-electron chi connectivity index (χ1n) is 7.26. The first-order valence-corrected chi connectivity index (χ1v) is 8.14. The van der Waals surface area contributed by atoms with Crippen molar-refractivity contribution in [2.45, 2.75) is 32.5 Å². The van der Waals surface area contributed by atoms with Crippen molar-refractivity contribution in [3.8, 4) is 0 Å². The Kier molecular flexibility index (Phi) is 4.52. The quantitative estimate of drug-likeness (QED) is 0.909. The molecule has 0 saturated carbocycles. The van der Waals surface area contributed by atoms with Gasteiger partial charge in [-0.1, -0.05) is 12.1 Å². The molecule has 1 fully saturated rings. The van der Waals surface area contributed by atoms with Crippen molar-refractivity contribution in [2.24, 2.45) is 0 Å². The molecule has 6 heteroatoms. The van der Waals surface area contributed by atoms with Crippen LogP contribution in [0.3, 0.4) is 0 Å². The van der Waals surface area contributed by atoms with Crippen molar-refractivity contribution in [2.75, 3.05) is 11.9 Å². The number of carbonyl (C=O) groups excluding carboxylic acids is 1. The summed E-state index contributed by atoms with van der Waals surface area (Å²) >= 11 is 1.46. The molecule has 3 rings (SSSR count). The smallest absolute Gasteiger partial charge is 0.275 e. The van der Waals surface area contributed by atoms with Crippen LogP contribution < -0.4 is 5.32 Å². The van der Waals surface area contributed by atoms with Crippen LogP contribution in [0, 0.1) is 6.92 Å². The largest absolute Gasteiger partial charge is 0.392 e. The second-order valence-corrected chi connectivity index (χ2v) is 6.22. The number of amides is 1. The predicted octanol–water partition coefficient (Wildman–Crippen LogP) is 3.05. The first kappa shape index (κ1) is 15.1. The summed E-state index contributed by atoms with van der Waals surface area (Å²) in [5, 5.41) is 14.7. The predicted molar refractivity (Wildman–Crippen MR) is 85.1 cm³/mol. The lowest BCUT2D eigenvalue weighted by atomic mass is 10.1. The molecule has 5 nitrogen and oxygen atoms in total. The Bertz CT molecular complexity index is 678. The average Bonchev–Trinajstić information content (AvgIpc) is 3.20. The number of aromatic nitrogens is 1. The number of ether oxygens (including phenoxy) is 1. The number of thiazole rings is 1. The van der Waals surface area contributed by atoms with E-state index < -0.39 is 0 Å². The number of carbonyl (C=O) groups is 1. The lowest BCUT2D eigenvalue weighted by Crippen LogP contribution is -2.13. The number of benzene rings is 1. The number of nitrogens with zero attached hydrogens (tertiary/aromatic N) is 1. The molecular weight excluding hydrogens is 300 g/mol. The Morgan fingerprint density at radius 2 is 2.41 bits per heavy atom. The topological polar surface area (TPSA) is 71.5 Å². The van der Waals surface area contributed by atoms with Gasteiger partial charge in [0.1, 0.15) is 16.8 Å². The summed E-state index contributed by atoms with van der Waals surface area (Å²) in [7, 11) is 0. The molecular formula is C16H18N2O3S. The first-order chi connectivity index (χ1) is 10.7. The van der Waals surface area contributed by atoms with Crippen molar-refractivity contribution < 1.29 is 14.6 Å². The van der Waals surface area contributed by atoms with Crippen LogP contribution in [0.2, 0.25) is 0 Å². The normalized spacial score (nSPS) is 17.6. The van der Waals surface area contributed by atoms with Crippen LogP contribution in [0.15, 0.2) is 23.6 Å². The average molecular weight is 318 g/mol. The van der Waals surface area contributed by atoms with Crippen LogP contribution in [0.4, 0.5) is 5.69 Å². The molecule has 1 unspecified atom stereocenters. The fraction of sp³-hybridized carbons (Fsp3) is 0.375. The second-order valence-electron chi connectivity index (χ2n) is 5.33. The third kappa shape index (κ3) is 3.19. The molecule has 1 aromatic heterocycles. The van der Waals surface area contributed by atoms with Gasteiger partial charge in [-0.3, -0.25) is 4.79 Å². The zero-order valence-electron chi connectivity index (χ0n) is 12.3. The maximum Gasteiger partial charge on any atom is 0.275 e. The lowest BCUT2D eigenvalue weighted by molar-refractivity contribution is 0.101. The maximum absolute atomic E-state index is 12.3. The Balaban J connectivity index is 1.74. The van der Waals surface area contributed by atoms with E-state index in [1.54, 1.807) is 11.4 Å². The standard InChI is InChI=1S/C16H18N2O3S/c1-10-4-5-11(8-19)7-12(10)17-15(20)13-9-22-16(18-13)14-3-2-6-21-14/h4-5,7,9,14,19H,2-3,6,8H2,1H3,(H,17,20). The third-order valence-electron chi connectivity index (χ3n) is 3.69. The SMILES string of the molecule is Cc1ccc(CO)cc1NC(=O)c1csc(C2CCCO2)n1. The van der Waals surface area contributed by atoms with Crippen molar-refractivity contribution in [1.29, 1.82) is 0 Å². The Labute approximate surface area is 133 Å². The van der Waals surface area contributed by atoms with E-state index in [0.29, 0.717) is 11.4 Å². The summed E-state index contributed by atoms with van der Waals surface area (Å²) < 4.78 is 5.59.